The fraction of sp³-hybridized carbons (Fsp3) is 1.00. The van der Waals surface area contributed by atoms with Crippen LogP contribution in [0.5, 0.6) is 0 Å². The van der Waals surface area contributed by atoms with E-state index in [1.165, 1.54) is 51.6 Å². The zero-order chi connectivity index (χ0) is 13.3. The van der Waals surface area contributed by atoms with Crippen molar-refractivity contribution in [2.24, 2.45) is 0 Å². The van der Waals surface area contributed by atoms with Crippen molar-refractivity contribution in [1.29, 1.82) is 0 Å². The third-order valence-electron chi connectivity index (χ3n) is 3.43. The molecular formula is C15H35BrN2. The van der Waals surface area contributed by atoms with Crippen molar-refractivity contribution in [2.45, 2.75) is 58.4 Å². The van der Waals surface area contributed by atoms with Gasteiger partial charge in [-0.2, -0.15) is 0 Å². The van der Waals surface area contributed by atoms with Crippen LogP contribution in [0.3, 0.4) is 0 Å². The Morgan fingerprint density at radius 2 is 1.44 bits per heavy atom. The molecule has 0 aromatic carbocycles. The average molecular weight is 323 g/mol. The maximum Gasteiger partial charge on any atom is 0.0935 e. The highest BCUT2D eigenvalue weighted by Crippen LogP contribution is 2.07. The molecular weight excluding hydrogens is 288 g/mol. The Bertz CT molecular complexity index is 178. The van der Waals surface area contributed by atoms with Gasteiger partial charge in [0.1, 0.15) is 0 Å². The third kappa shape index (κ3) is 12.8. The smallest absolute Gasteiger partial charge is 0.0935 e. The monoisotopic (exact) mass is 322 g/mol. The molecule has 0 fully saturated rings. The summed E-state index contributed by atoms with van der Waals surface area (Å²) in [5.41, 5.74) is 0. The number of nitrogens with zero attached hydrogens (tertiary/aromatic N) is 2. The number of unbranched alkanes of at least 4 members (excludes halogenated alkanes) is 5. The predicted octanol–water partition coefficient (Wildman–Crippen LogP) is 0.377. The predicted molar refractivity (Wildman–Crippen MR) is 78.4 cm³/mol. The van der Waals surface area contributed by atoms with Gasteiger partial charge in [-0.3, -0.25) is 4.90 Å². The van der Waals surface area contributed by atoms with Crippen LogP contribution in [0.25, 0.3) is 0 Å². The molecule has 1 atom stereocenters. The van der Waals surface area contributed by atoms with Gasteiger partial charge in [-0.15, -0.1) is 0 Å². The first-order chi connectivity index (χ1) is 7.87. The maximum atomic E-state index is 2.52. The van der Waals surface area contributed by atoms with Crippen molar-refractivity contribution in [2.75, 3.05) is 41.3 Å². The Morgan fingerprint density at radius 1 is 0.944 bits per heavy atom. The lowest BCUT2D eigenvalue weighted by atomic mass is 10.1. The van der Waals surface area contributed by atoms with Gasteiger partial charge in [-0.05, 0) is 26.9 Å². The molecule has 0 rings (SSSR count). The Morgan fingerprint density at radius 3 is 1.94 bits per heavy atom. The number of hydrogen-bond donors (Lipinski definition) is 0. The van der Waals surface area contributed by atoms with E-state index < -0.39 is 0 Å². The zero-order valence-corrected chi connectivity index (χ0v) is 15.1. The average Bonchev–Trinajstić information content (AvgIpc) is 2.20. The third-order valence-corrected chi connectivity index (χ3v) is 3.43. The van der Waals surface area contributed by atoms with Crippen molar-refractivity contribution in [1.82, 2.24) is 4.90 Å². The molecule has 112 valence electrons. The normalized spacial score (nSPS) is 13.5. The molecule has 0 heterocycles. The van der Waals surface area contributed by atoms with E-state index >= 15 is 0 Å². The second-order valence-corrected chi connectivity index (χ2v) is 6.57. The maximum absolute atomic E-state index is 2.52. The number of likely N-dealkylation sites (N-methyl/N-ethyl adjacent to an activating group) is 2. The molecule has 0 aliphatic rings. The lowest BCUT2D eigenvalue weighted by Gasteiger charge is -2.32. The number of halogens is 1. The van der Waals surface area contributed by atoms with Crippen LogP contribution in [0.1, 0.15) is 52.4 Å². The van der Waals surface area contributed by atoms with E-state index in [4.69, 9.17) is 0 Å². The highest BCUT2D eigenvalue weighted by Gasteiger charge is 2.16. The lowest BCUT2D eigenvalue weighted by molar-refractivity contribution is -0.872. The molecule has 0 aromatic rings. The van der Waals surface area contributed by atoms with E-state index in [2.05, 4.69) is 46.9 Å². The van der Waals surface area contributed by atoms with E-state index in [1.54, 1.807) is 0 Å². The van der Waals surface area contributed by atoms with Gasteiger partial charge < -0.3 is 21.5 Å². The number of quaternary nitrogens is 1. The van der Waals surface area contributed by atoms with Crippen LogP contribution in [0.15, 0.2) is 0 Å². The molecule has 0 N–H and O–H groups in total. The lowest BCUT2D eigenvalue weighted by Crippen LogP contribution is -3.00. The van der Waals surface area contributed by atoms with Gasteiger partial charge in [0, 0.05) is 0 Å². The minimum Gasteiger partial charge on any atom is -1.00 e. The summed E-state index contributed by atoms with van der Waals surface area (Å²) in [6.45, 7) is 7.11. The van der Waals surface area contributed by atoms with Gasteiger partial charge in [0.25, 0.3) is 0 Å². The Kier molecular flexibility index (Phi) is 12.9. The Labute approximate surface area is 126 Å². The van der Waals surface area contributed by atoms with Gasteiger partial charge in [-0.25, -0.2) is 0 Å². The fourth-order valence-electron chi connectivity index (χ4n) is 2.29. The molecule has 1 unspecified atom stereocenters. The van der Waals surface area contributed by atoms with Gasteiger partial charge >= 0.3 is 0 Å². The van der Waals surface area contributed by atoms with Crippen LogP contribution in [-0.4, -0.2) is 56.7 Å². The summed E-state index contributed by atoms with van der Waals surface area (Å²) < 4.78 is 1.06. The quantitative estimate of drug-likeness (QED) is 0.415. The largest absolute Gasteiger partial charge is 1.00 e. The number of rotatable bonds is 10. The molecule has 0 saturated heterocycles. The van der Waals surface area contributed by atoms with E-state index in [1.807, 2.05) is 0 Å². The molecule has 0 aliphatic heterocycles. The summed E-state index contributed by atoms with van der Waals surface area (Å²) in [6, 6.07) is 0.686. The van der Waals surface area contributed by atoms with E-state index in [0.717, 1.165) is 4.48 Å². The van der Waals surface area contributed by atoms with Crippen molar-refractivity contribution in [3.05, 3.63) is 0 Å². The molecule has 0 saturated carbocycles. The molecule has 0 aliphatic carbocycles. The standard InChI is InChI=1S/C15H35N2.BrH/c1-7-8-9-10-11-12-13-16(3)15(2)14-17(4,5)6;/h15H,7-14H2,1-6H3;1H/q+1;/p-1. The van der Waals surface area contributed by atoms with E-state index in [0.29, 0.717) is 6.04 Å². The summed E-state index contributed by atoms with van der Waals surface area (Å²) in [6.07, 6.45) is 8.37. The highest BCUT2D eigenvalue weighted by atomic mass is 79.9. The molecule has 2 nitrogen and oxygen atoms in total. The van der Waals surface area contributed by atoms with E-state index in [-0.39, 0.29) is 17.0 Å². The first kappa shape index (κ1) is 20.7. The summed E-state index contributed by atoms with van der Waals surface area (Å²) in [5.74, 6) is 0. The Balaban J connectivity index is 0. The van der Waals surface area contributed by atoms with Crippen LogP contribution < -0.4 is 17.0 Å². The summed E-state index contributed by atoms with van der Waals surface area (Å²) in [7, 11) is 9.09. The van der Waals surface area contributed by atoms with Crippen LogP contribution in [0, 0.1) is 0 Å². The minimum absolute atomic E-state index is 0. The molecule has 0 bridgehead atoms. The van der Waals surface area contributed by atoms with Crippen LogP contribution in [0.4, 0.5) is 0 Å². The molecule has 3 heteroatoms. The molecule has 0 spiro atoms. The van der Waals surface area contributed by atoms with Gasteiger partial charge in [0.05, 0.1) is 33.7 Å². The highest BCUT2D eigenvalue weighted by molar-refractivity contribution is 4.62. The first-order valence-corrected chi connectivity index (χ1v) is 7.37. The molecule has 0 radical (unpaired) electrons. The molecule has 0 aromatic heterocycles. The molecule has 18 heavy (non-hydrogen) atoms. The van der Waals surface area contributed by atoms with Crippen molar-refractivity contribution < 1.29 is 21.5 Å². The summed E-state index contributed by atoms with van der Waals surface area (Å²) in [5, 5.41) is 0. The van der Waals surface area contributed by atoms with Gasteiger partial charge in [0.15, 0.2) is 0 Å². The van der Waals surface area contributed by atoms with E-state index in [9.17, 15) is 0 Å². The minimum atomic E-state index is 0. The van der Waals surface area contributed by atoms with Crippen LogP contribution in [0.2, 0.25) is 0 Å². The van der Waals surface area contributed by atoms with Gasteiger partial charge in [0.2, 0.25) is 0 Å². The number of hydrogen-bond acceptors (Lipinski definition) is 1. The topological polar surface area (TPSA) is 3.24 Å². The molecule has 0 amide bonds. The van der Waals surface area contributed by atoms with Crippen LogP contribution in [-0.2, 0) is 0 Å². The van der Waals surface area contributed by atoms with Crippen molar-refractivity contribution in [3.63, 3.8) is 0 Å². The van der Waals surface area contributed by atoms with Crippen LogP contribution >= 0.6 is 0 Å². The zero-order valence-electron chi connectivity index (χ0n) is 13.5. The summed E-state index contributed by atoms with van der Waals surface area (Å²) >= 11 is 0. The second-order valence-electron chi connectivity index (χ2n) is 6.57. The fourth-order valence-corrected chi connectivity index (χ4v) is 2.29. The second kappa shape index (κ2) is 11.2. The Hall–Kier alpha value is 0.400. The SMILES string of the molecule is CCCCCCCCN(C)C(C)C[N+](C)(C)C.[Br-]. The van der Waals surface area contributed by atoms with Crippen molar-refractivity contribution in [3.8, 4) is 0 Å². The van der Waals surface area contributed by atoms with Gasteiger partial charge in [-0.1, -0.05) is 39.0 Å². The van der Waals surface area contributed by atoms with Crippen molar-refractivity contribution >= 4 is 0 Å². The first-order valence-electron chi connectivity index (χ1n) is 7.37. The summed E-state index contributed by atoms with van der Waals surface area (Å²) in [4.78, 5) is 2.52.